The van der Waals surface area contributed by atoms with E-state index in [1.54, 1.807) is 18.2 Å². The molecule has 1 rings (SSSR count). The molecule has 0 aliphatic carbocycles. The number of hydrogen-bond donors (Lipinski definition) is 2. The molecule has 3 nitrogen and oxygen atoms in total. The summed E-state index contributed by atoms with van der Waals surface area (Å²) in [4.78, 5) is 11.5. The molecule has 0 aromatic heterocycles. The summed E-state index contributed by atoms with van der Waals surface area (Å²) in [7, 11) is 0. The number of nitrogens with two attached hydrogens (primary N) is 1. The van der Waals surface area contributed by atoms with Crippen LogP contribution in [0.5, 0.6) is 0 Å². The maximum absolute atomic E-state index is 11.5. The summed E-state index contributed by atoms with van der Waals surface area (Å²) in [6.45, 7) is 2.65. The van der Waals surface area contributed by atoms with E-state index in [-0.39, 0.29) is 5.91 Å². The molecule has 3 N–H and O–H groups in total. The minimum Gasteiger partial charge on any atom is -0.398 e. The van der Waals surface area contributed by atoms with E-state index >= 15 is 0 Å². The first-order chi connectivity index (χ1) is 6.65. The normalized spacial score (nSPS) is 9.86. The third-order valence-corrected chi connectivity index (χ3v) is 2.03. The minimum absolute atomic E-state index is 0.152. The molecule has 0 radical (unpaired) electrons. The van der Waals surface area contributed by atoms with Gasteiger partial charge in [0.1, 0.15) is 0 Å². The first-order valence-corrected chi connectivity index (χ1v) is 4.86. The zero-order valence-corrected chi connectivity index (χ0v) is 8.77. The van der Waals surface area contributed by atoms with Gasteiger partial charge in [-0.3, -0.25) is 4.79 Å². The predicted octanol–water partition coefficient (Wildman–Crippen LogP) is 2.06. The van der Waals surface area contributed by atoms with Gasteiger partial charge in [0, 0.05) is 17.3 Å². The highest BCUT2D eigenvalue weighted by molar-refractivity contribution is 6.31. The summed E-state index contributed by atoms with van der Waals surface area (Å²) in [6, 6.07) is 4.85. The number of hydrogen-bond acceptors (Lipinski definition) is 2. The second kappa shape index (κ2) is 4.86. The van der Waals surface area contributed by atoms with Gasteiger partial charge in [-0.2, -0.15) is 0 Å². The van der Waals surface area contributed by atoms with Crippen molar-refractivity contribution < 1.29 is 4.79 Å². The van der Waals surface area contributed by atoms with Crippen molar-refractivity contribution >= 4 is 23.2 Å². The Bertz CT molecular complexity index is 339. The van der Waals surface area contributed by atoms with Crippen LogP contribution in [0.1, 0.15) is 23.7 Å². The molecule has 1 aromatic rings. The summed E-state index contributed by atoms with van der Waals surface area (Å²) in [5, 5.41) is 3.28. The van der Waals surface area contributed by atoms with Crippen LogP contribution in [-0.4, -0.2) is 12.5 Å². The highest BCUT2D eigenvalue weighted by Gasteiger charge is 2.08. The van der Waals surface area contributed by atoms with Crippen LogP contribution in [0.3, 0.4) is 0 Å². The lowest BCUT2D eigenvalue weighted by Crippen LogP contribution is -2.24. The fraction of sp³-hybridized carbons (Fsp3) is 0.300. The quantitative estimate of drug-likeness (QED) is 0.754. The highest BCUT2D eigenvalue weighted by atomic mass is 35.5. The Hall–Kier alpha value is -1.22. The molecule has 0 aliphatic heterocycles. The van der Waals surface area contributed by atoms with Crippen LogP contribution < -0.4 is 11.1 Å². The monoisotopic (exact) mass is 212 g/mol. The Morgan fingerprint density at radius 2 is 2.29 bits per heavy atom. The van der Waals surface area contributed by atoms with Crippen LogP contribution in [0, 0.1) is 0 Å². The average Bonchev–Trinajstić information content (AvgIpc) is 2.14. The van der Waals surface area contributed by atoms with Gasteiger partial charge in [0.2, 0.25) is 0 Å². The van der Waals surface area contributed by atoms with Gasteiger partial charge < -0.3 is 11.1 Å². The molecule has 0 fully saturated rings. The summed E-state index contributed by atoms with van der Waals surface area (Å²) < 4.78 is 0. The van der Waals surface area contributed by atoms with Crippen molar-refractivity contribution in [3.05, 3.63) is 28.8 Å². The topological polar surface area (TPSA) is 55.1 Å². The average molecular weight is 213 g/mol. The van der Waals surface area contributed by atoms with Crippen LogP contribution >= 0.6 is 11.6 Å². The molecule has 1 amide bonds. The van der Waals surface area contributed by atoms with Crippen molar-refractivity contribution in [2.75, 3.05) is 12.3 Å². The third kappa shape index (κ3) is 2.64. The number of benzene rings is 1. The molecule has 0 heterocycles. The fourth-order valence-corrected chi connectivity index (χ4v) is 1.25. The third-order valence-electron chi connectivity index (χ3n) is 1.79. The van der Waals surface area contributed by atoms with Crippen LogP contribution in [-0.2, 0) is 0 Å². The molecule has 1 aromatic carbocycles. The molecule has 0 atom stereocenters. The molecular formula is C10H13ClN2O. The van der Waals surface area contributed by atoms with Gasteiger partial charge in [-0.15, -0.1) is 0 Å². The molecule has 76 valence electrons. The van der Waals surface area contributed by atoms with Gasteiger partial charge in [0.25, 0.3) is 5.91 Å². The minimum atomic E-state index is -0.152. The van der Waals surface area contributed by atoms with E-state index < -0.39 is 0 Å². The number of rotatable bonds is 3. The van der Waals surface area contributed by atoms with Gasteiger partial charge in [-0.05, 0) is 24.6 Å². The lowest BCUT2D eigenvalue weighted by molar-refractivity contribution is 0.0954. The van der Waals surface area contributed by atoms with Gasteiger partial charge in [0.05, 0.1) is 5.56 Å². The Labute approximate surface area is 88.2 Å². The zero-order valence-electron chi connectivity index (χ0n) is 8.01. The molecule has 14 heavy (non-hydrogen) atoms. The Balaban J connectivity index is 2.80. The van der Waals surface area contributed by atoms with E-state index in [1.807, 2.05) is 6.92 Å². The molecule has 0 saturated carbocycles. The lowest BCUT2D eigenvalue weighted by atomic mass is 10.1. The number of carbonyl (C=O) groups is 1. The molecular weight excluding hydrogens is 200 g/mol. The predicted molar refractivity (Wildman–Crippen MR) is 58.5 cm³/mol. The van der Waals surface area contributed by atoms with Crippen LogP contribution in [0.2, 0.25) is 5.02 Å². The number of nitrogens with one attached hydrogen (secondary N) is 1. The van der Waals surface area contributed by atoms with Gasteiger partial charge in [0.15, 0.2) is 0 Å². The van der Waals surface area contributed by atoms with Crippen LogP contribution in [0.4, 0.5) is 5.69 Å². The summed E-state index contributed by atoms with van der Waals surface area (Å²) in [5.41, 5.74) is 6.53. The van der Waals surface area contributed by atoms with Gasteiger partial charge in [-0.25, -0.2) is 0 Å². The second-order valence-electron chi connectivity index (χ2n) is 2.99. The van der Waals surface area contributed by atoms with E-state index in [9.17, 15) is 4.79 Å². The molecule has 0 bridgehead atoms. The number of halogens is 1. The fourth-order valence-electron chi connectivity index (χ4n) is 1.07. The Kier molecular flexibility index (Phi) is 3.77. The van der Waals surface area contributed by atoms with Gasteiger partial charge in [-0.1, -0.05) is 18.5 Å². The number of carbonyl (C=O) groups excluding carboxylic acids is 1. The Morgan fingerprint density at radius 3 is 2.86 bits per heavy atom. The maximum atomic E-state index is 11.5. The number of amides is 1. The Morgan fingerprint density at radius 1 is 1.57 bits per heavy atom. The van der Waals surface area contributed by atoms with Crippen molar-refractivity contribution in [3.8, 4) is 0 Å². The number of nitrogen functional groups attached to an aromatic ring is 1. The first-order valence-electron chi connectivity index (χ1n) is 4.48. The first kappa shape index (κ1) is 10.9. The lowest BCUT2D eigenvalue weighted by Gasteiger charge is -2.06. The van der Waals surface area contributed by atoms with E-state index in [4.69, 9.17) is 17.3 Å². The summed E-state index contributed by atoms with van der Waals surface area (Å²) >= 11 is 5.71. The molecule has 0 spiro atoms. The largest absolute Gasteiger partial charge is 0.398 e. The molecule has 0 aliphatic rings. The number of anilines is 1. The molecule has 4 heteroatoms. The highest BCUT2D eigenvalue weighted by Crippen LogP contribution is 2.17. The van der Waals surface area contributed by atoms with Crippen LogP contribution in [0.15, 0.2) is 18.2 Å². The van der Waals surface area contributed by atoms with Crippen molar-refractivity contribution in [2.45, 2.75) is 13.3 Å². The smallest absolute Gasteiger partial charge is 0.253 e. The van der Waals surface area contributed by atoms with Crippen molar-refractivity contribution in [1.82, 2.24) is 5.32 Å². The SMILES string of the molecule is CCCNC(=O)c1ccc(Cl)cc1N. The van der Waals surface area contributed by atoms with E-state index in [0.29, 0.717) is 22.8 Å². The van der Waals surface area contributed by atoms with E-state index in [0.717, 1.165) is 6.42 Å². The maximum Gasteiger partial charge on any atom is 0.253 e. The van der Waals surface area contributed by atoms with Crippen molar-refractivity contribution in [1.29, 1.82) is 0 Å². The summed E-state index contributed by atoms with van der Waals surface area (Å²) in [6.07, 6.45) is 0.902. The second-order valence-corrected chi connectivity index (χ2v) is 3.42. The molecule has 0 unspecified atom stereocenters. The zero-order chi connectivity index (χ0) is 10.6. The van der Waals surface area contributed by atoms with Crippen molar-refractivity contribution in [2.24, 2.45) is 0 Å². The standard InChI is InChI=1S/C10H13ClN2O/c1-2-5-13-10(14)8-4-3-7(11)6-9(8)12/h3-4,6H,2,5,12H2,1H3,(H,13,14). The van der Waals surface area contributed by atoms with Crippen LogP contribution in [0.25, 0.3) is 0 Å². The van der Waals surface area contributed by atoms with E-state index in [1.165, 1.54) is 0 Å². The summed E-state index contributed by atoms with van der Waals surface area (Å²) in [5.74, 6) is -0.152. The molecule has 0 saturated heterocycles. The van der Waals surface area contributed by atoms with Crippen molar-refractivity contribution in [3.63, 3.8) is 0 Å². The van der Waals surface area contributed by atoms with Gasteiger partial charge >= 0.3 is 0 Å². The van der Waals surface area contributed by atoms with E-state index in [2.05, 4.69) is 5.32 Å².